The Kier molecular flexibility index (Phi) is 2.69. The van der Waals surface area contributed by atoms with Gasteiger partial charge in [0.05, 0.1) is 12.1 Å². The van der Waals surface area contributed by atoms with Crippen molar-refractivity contribution in [2.75, 3.05) is 6.61 Å². The van der Waals surface area contributed by atoms with E-state index < -0.39 is 5.54 Å². The molecule has 21 heavy (non-hydrogen) atoms. The maximum absolute atomic E-state index is 6.74. The third kappa shape index (κ3) is 1.89. The van der Waals surface area contributed by atoms with Crippen molar-refractivity contribution in [2.45, 2.75) is 12.0 Å². The van der Waals surface area contributed by atoms with Gasteiger partial charge in [-0.15, -0.1) is 0 Å². The van der Waals surface area contributed by atoms with Gasteiger partial charge in [0.25, 0.3) is 0 Å². The number of hydrogen-bond donors (Lipinski definition) is 1. The molecule has 4 rings (SSSR count). The van der Waals surface area contributed by atoms with Crippen molar-refractivity contribution in [1.82, 2.24) is 4.98 Å². The average Bonchev–Trinajstić information content (AvgIpc) is 2.55. The molecule has 0 fully saturated rings. The first-order valence-electron chi connectivity index (χ1n) is 7.14. The van der Waals surface area contributed by atoms with Gasteiger partial charge in [0.15, 0.2) is 0 Å². The standard InChI is InChI=1S/C18H16N2O/c19-18(9-11-21-16-6-3-10-20-17(16)18)15-8-7-13-4-1-2-5-14(13)12-15/h1-8,10,12H,9,11,19H2. The molecule has 0 saturated heterocycles. The lowest BCUT2D eigenvalue weighted by atomic mass is 9.82. The zero-order valence-electron chi connectivity index (χ0n) is 11.6. The smallest absolute Gasteiger partial charge is 0.143 e. The first kappa shape index (κ1) is 12.4. The van der Waals surface area contributed by atoms with Gasteiger partial charge in [-0.1, -0.05) is 36.4 Å². The predicted octanol–water partition coefficient (Wildman–Crippen LogP) is 3.22. The first-order chi connectivity index (χ1) is 10.3. The Hall–Kier alpha value is -2.39. The number of rotatable bonds is 1. The number of ether oxygens (including phenoxy) is 1. The van der Waals surface area contributed by atoms with Crippen LogP contribution in [0.4, 0.5) is 0 Å². The van der Waals surface area contributed by atoms with Crippen molar-refractivity contribution in [3.05, 3.63) is 72.1 Å². The number of nitrogens with two attached hydrogens (primary N) is 1. The topological polar surface area (TPSA) is 48.1 Å². The highest BCUT2D eigenvalue weighted by atomic mass is 16.5. The van der Waals surface area contributed by atoms with Crippen molar-refractivity contribution in [1.29, 1.82) is 0 Å². The fourth-order valence-electron chi connectivity index (χ4n) is 3.03. The largest absolute Gasteiger partial charge is 0.491 e. The molecule has 104 valence electrons. The van der Waals surface area contributed by atoms with Crippen LogP contribution in [0.2, 0.25) is 0 Å². The molecule has 0 aliphatic carbocycles. The summed E-state index contributed by atoms with van der Waals surface area (Å²) >= 11 is 0. The molecule has 0 saturated carbocycles. The normalized spacial score (nSPS) is 20.8. The molecule has 1 aliphatic heterocycles. The minimum atomic E-state index is -0.584. The van der Waals surface area contributed by atoms with Crippen LogP contribution in [0.25, 0.3) is 10.8 Å². The Morgan fingerprint density at radius 1 is 1.00 bits per heavy atom. The van der Waals surface area contributed by atoms with Crippen LogP contribution in [0.5, 0.6) is 5.75 Å². The molecule has 1 unspecified atom stereocenters. The average molecular weight is 276 g/mol. The SMILES string of the molecule is NC1(c2ccc3ccccc3c2)CCOc2cccnc21. The van der Waals surface area contributed by atoms with E-state index in [1.165, 1.54) is 10.8 Å². The summed E-state index contributed by atoms with van der Waals surface area (Å²) in [5, 5.41) is 2.42. The number of nitrogens with zero attached hydrogens (tertiary/aromatic N) is 1. The lowest BCUT2D eigenvalue weighted by Crippen LogP contribution is -2.43. The van der Waals surface area contributed by atoms with Crippen molar-refractivity contribution >= 4 is 10.8 Å². The van der Waals surface area contributed by atoms with Gasteiger partial charge in [-0.25, -0.2) is 0 Å². The second-order valence-corrected chi connectivity index (χ2v) is 5.48. The van der Waals surface area contributed by atoms with Gasteiger partial charge < -0.3 is 10.5 Å². The van der Waals surface area contributed by atoms with E-state index in [-0.39, 0.29) is 0 Å². The maximum Gasteiger partial charge on any atom is 0.143 e. The van der Waals surface area contributed by atoms with Crippen LogP contribution in [0, 0.1) is 0 Å². The van der Waals surface area contributed by atoms with E-state index in [2.05, 4.69) is 35.3 Å². The number of fused-ring (bicyclic) bond motifs is 2. The molecule has 1 aliphatic rings. The van der Waals surface area contributed by atoms with Crippen LogP contribution in [-0.2, 0) is 5.54 Å². The first-order valence-corrected chi connectivity index (χ1v) is 7.14. The molecule has 0 amide bonds. The van der Waals surface area contributed by atoms with Gasteiger partial charge in [-0.05, 0) is 34.5 Å². The highest BCUT2D eigenvalue weighted by molar-refractivity contribution is 5.83. The Morgan fingerprint density at radius 3 is 2.76 bits per heavy atom. The maximum atomic E-state index is 6.74. The molecule has 0 bridgehead atoms. The van der Waals surface area contributed by atoms with Gasteiger partial charge in [0, 0.05) is 12.6 Å². The summed E-state index contributed by atoms with van der Waals surface area (Å²) in [5.74, 6) is 0.791. The molecular weight excluding hydrogens is 260 g/mol. The lowest BCUT2D eigenvalue weighted by molar-refractivity contribution is 0.232. The van der Waals surface area contributed by atoms with E-state index in [1.807, 2.05) is 24.3 Å². The van der Waals surface area contributed by atoms with Crippen molar-refractivity contribution < 1.29 is 4.74 Å². The highest BCUT2D eigenvalue weighted by Gasteiger charge is 2.37. The van der Waals surface area contributed by atoms with Gasteiger partial charge in [-0.3, -0.25) is 4.98 Å². The van der Waals surface area contributed by atoms with E-state index in [4.69, 9.17) is 10.5 Å². The number of benzene rings is 2. The molecule has 3 heteroatoms. The molecule has 2 heterocycles. The summed E-state index contributed by atoms with van der Waals surface area (Å²) in [4.78, 5) is 4.48. The summed E-state index contributed by atoms with van der Waals surface area (Å²) in [7, 11) is 0. The second-order valence-electron chi connectivity index (χ2n) is 5.48. The Bertz CT molecular complexity index is 815. The molecule has 1 atom stereocenters. The minimum Gasteiger partial charge on any atom is -0.491 e. The lowest BCUT2D eigenvalue weighted by Gasteiger charge is -2.34. The van der Waals surface area contributed by atoms with E-state index in [1.54, 1.807) is 6.20 Å². The van der Waals surface area contributed by atoms with Gasteiger partial charge in [0.2, 0.25) is 0 Å². The van der Waals surface area contributed by atoms with E-state index >= 15 is 0 Å². The Balaban J connectivity index is 1.91. The third-order valence-corrected chi connectivity index (χ3v) is 4.21. The van der Waals surface area contributed by atoms with Crippen molar-refractivity contribution in [3.8, 4) is 5.75 Å². The summed E-state index contributed by atoms with van der Waals surface area (Å²) in [6.07, 6.45) is 2.51. The van der Waals surface area contributed by atoms with Crippen LogP contribution in [0.15, 0.2) is 60.8 Å². The fourth-order valence-corrected chi connectivity index (χ4v) is 3.03. The third-order valence-electron chi connectivity index (χ3n) is 4.21. The van der Waals surface area contributed by atoms with Crippen molar-refractivity contribution in [2.24, 2.45) is 5.73 Å². The van der Waals surface area contributed by atoms with Crippen molar-refractivity contribution in [3.63, 3.8) is 0 Å². The number of hydrogen-bond acceptors (Lipinski definition) is 3. The molecule has 0 radical (unpaired) electrons. The van der Waals surface area contributed by atoms with E-state index in [0.717, 1.165) is 23.4 Å². The van der Waals surface area contributed by atoms with Crippen LogP contribution < -0.4 is 10.5 Å². The predicted molar refractivity (Wildman–Crippen MR) is 83.3 cm³/mol. The molecule has 3 nitrogen and oxygen atoms in total. The van der Waals surface area contributed by atoms with Crippen LogP contribution >= 0.6 is 0 Å². The Labute approximate surface area is 123 Å². The summed E-state index contributed by atoms with van der Waals surface area (Å²) in [6.45, 7) is 0.613. The zero-order chi connectivity index (χ0) is 14.3. The fraction of sp³-hybridized carbons (Fsp3) is 0.167. The van der Waals surface area contributed by atoms with Crippen LogP contribution in [-0.4, -0.2) is 11.6 Å². The van der Waals surface area contributed by atoms with Gasteiger partial charge in [-0.2, -0.15) is 0 Å². The molecule has 2 N–H and O–H groups in total. The Morgan fingerprint density at radius 2 is 1.86 bits per heavy atom. The highest BCUT2D eigenvalue weighted by Crippen LogP contribution is 2.38. The minimum absolute atomic E-state index is 0.584. The number of pyridine rings is 1. The zero-order valence-corrected chi connectivity index (χ0v) is 11.6. The molecule has 0 spiro atoms. The summed E-state index contributed by atoms with van der Waals surface area (Å²) in [6, 6.07) is 18.5. The molecular formula is C18H16N2O. The van der Waals surface area contributed by atoms with Crippen LogP contribution in [0.3, 0.4) is 0 Å². The molecule has 2 aromatic carbocycles. The molecule has 1 aromatic heterocycles. The van der Waals surface area contributed by atoms with Gasteiger partial charge >= 0.3 is 0 Å². The second kappa shape index (κ2) is 4.57. The summed E-state index contributed by atoms with van der Waals surface area (Å²) in [5.41, 5.74) is 8.07. The van der Waals surface area contributed by atoms with Crippen LogP contribution in [0.1, 0.15) is 17.7 Å². The monoisotopic (exact) mass is 276 g/mol. The van der Waals surface area contributed by atoms with E-state index in [9.17, 15) is 0 Å². The number of aromatic nitrogens is 1. The van der Waals surface area contributed by atoms with E-state index in [0.29, 0.717) is 6.61 Å². The molecule has 3 aromatic rings. The summed E-state index contributed by atoms with van der Waals surface area (Å²) < 4.78 is 5.69. The quantitative estimate of drug-likeness (QED) is 0.742. The van der Waals surface area contributed by atoms with Gasteiger partial charge in [0.1, 0.15) is 11.4 Å².